The van der Waals surface area contributed by atoms with Gasteiger partial charge in [0.05, 0.1) is 34.7 Å². The first-order valence-corrected chi connectivity index (χ1v) is 11.1. The summed E-state index contributed by atoms with van der Waals surface area (Å²) in [5, 5.41) is 29.8. The molecule has 0 unspecified atom stereocenters. The van der Waals surface area contributed by atoms with E-state index < -0.39 is 34.3 Å². The number of benzene rings is 2. The predicted molar refractivity (Wildman–Crippen MR) is 106 cm³/mol. The highest BCUT2D eigenvalue weighted by Gasteiger charge is 2.37. The highest BCUT2D eigenvalue weighted by atomic mass is 32.2. The fourth-order valence-corrected chi connectivity index (χ4v) is 4.21. The van der Waals surface area contributed by atoms with E-state index in [-0.39, 0.29) is 17.9 Å². The number of H-pyrrole nitrogens is 1. The van der Waals surface area contributed by atoms with Crippen molar-refractivity contribution in [3.8, 4) is 11.4 Å². The Balaban J connectivity index is 1.70. The van der Waals surface area contributed by atoms with Gasteiger partial charge in [0.1, 0.15) is 18.0 Å². The molecule has 2 heterocycles. The van der Waals surface area contributed by atoms with E-state index in [1.165, 1.54) is 6.07 Å². The summed E-state index contributed by atoms with van der Waals surface area (Å²) < 4.78 is 29.3. The van der Waals surface area contributed by atoms with Crippen molar-refractivity contribution >= 4 is 20.9 Å². The maximum Gasteiger partial charge on any atom is 0.175 e. The Morgan fingerprint density at radius 2 is 2.00 bits per heavy atom. The molecule has 0 saturated carbocycles. The predicted octanol–water partition coefficient (Wildman–Crippen LogP) is 1.18. The summed E-state index contributed by atoms with van der Waals surface area (Å²) in [6, 6.07) is 11.9. The summed E-state index contributed by atoms with van der Waals surface area (Å²) >= 11 is 0. The summed E-state index contributed by atoms with van der Waals surface area (Å²) in [6.45, 7) is -0.244. The molecule has 0 aliphatic carbocycles. The molecule has 0 amide bonds. The van der Waals surface area contributed by atoms with Crippen LogP contribution < -0.4 is 0 Å². The summed E-state index contributed by atoms with van der Waals surface area (Å²) in [5.74, 6) is 0.539. The standard InChI is InChI=1S/C20H22N2O6S/c1-29(26,27)14-5-6-15-16(9-14)22-20(21-15)12-4-2-3-11(7-12)19-18(25)17(24)8-13(10-23)28-19/h2-7,9,13,17-19,23-25H,8,10H2,1H3,(H,21,22)/t13-,17-,18-,19+/m0/s1. The van der Waals surface area contributed by atoms with E-state index in [1.807, 2.05) is 6.07 Å². The molecule has 3 aromatic rings. The molecule has 0 radical (unpaired) electrons. The second kappa shape index (κ2) is 7.51. The van der Waals surface area contributed by atoms with Crippen LogP contribution in [-0.4, -0.2) is 64.9 Å². The molecule has 4 rings (SSSR count). The number of sulfone groups is 1. The minimum absolute atomic E-state index is 0.167. The molecule has 1 fully saturated rings. The van der Waals surface area contributed by atoms with Gasteiger partial charge in [0.2, 0.25) is 0 Å². The van der Waals surface area contributed by atoms with Gasteiger partial charge in [0.15, 0.2) is 9.84 Å². The molecule has 4 N–H and O–H groups in total. The zero-order chi connectivity index (χ0) is 20.8. The van der Waals surface area contributed by atoms with Gasteiger partial charge in [-0.1, -0.05) is 18.2 Å². The van der Waals surface area contributed by atoms with E-state index in [4.69, 9.17) is 4.74 Å². The second-order valence-electron chi connectivity index (χ2n) is 7.32. The third-order valence-corrected chi connectivity index (χ3v) is 6.23. The first-order chi connectivity index (χ1) is 13.8. The molecule has 9 heteroatoms. The molecule has 2 aromatic carbocycles. The summed E-state index contributed by atoms with van der Waals surface area (Å²) in [5.41, 5.74) is 2.58. The summed E-state index contributed by atoms with van der Waals surface area (Å²) in [7, 11) is -3.33. The van der Waals surface area contributed by atoms with Crippen molar-refractivity contribution in [3.63, 3.8) is 0 Å². The highest BCUT2D eigenvalue weighted by Crippen LogP contribution is 2.34. The van der Waals surface area contributed by atoms with E-state index in [0.29, 0.717) is 22.4 Å². The number of aliphatic hydroxyl groups excluding tert-OH is 3. The van der Waals surface area contributed by atoms with Crippen molar-refractivity contribution in [1.29, 1.82) is 0 Å². The van der Waals surface area contributed by atoms with Gasteiger partial charge in [-0.2, -0.15) is 0 Å². The summed E-state index contributed by atoms with van der Waals surface area (Å²) in [6.07, 6.45) is -2.12. The normalized spacial score (nSPS) is 25.4. The molecule has 4 atom stereocenters. The SMILES string of the molecule is CS(=O)(=O)c1ccc2nc(-c3cccc([C@H]4O[C@H](CO)C[C@H](O)[C@@H]4O)c3)[nH]c2c1. The monoisotopic (exact) mass is 418 g/mol. The van der Waals surface area contributed by atoms with Crippen molar-refractivity contribution in [2.24, 2.45) is 0 Å². The van der Waals surface area contributed by atoms with Crippen LogP contribution in [0.2, 0.25) is 0 Å². The summed E-state index contributed by atoms with van der Waals surface area (Å²) in [4.78, 5) is 7.85. The number of aromatic amines is 1. The number of nitrogens with one attached hydrogen (secondary N) is 1. The fourth-order valence-electron chi connectivity index (χ4n) is 3.57. The first-order valence-electron chi connectivity index (χ1n) is 9.19. The van der Waals surface area contributed by atoms with Crippen molar-refractivity contribution in [2.45, 2.75) is 35.7 Å². The average molecular weight is 418 g/mol. The third kappa shape index (κ3) is 3.92. The lowest BCUT2D eigenvalue weighted by molar-refractivity contribution is -0.179. The van der Waals surface area contributed by atoms with Crippen LogP contribution in [0.25, 0.3) is 22.4 Å². The molecule has 1 saturated heterocycles. The van der Waals surface area contributed by atoms with Crippen LogP contribution in [0.4, 0.5) is 0 Å². The number of ether oxygens (including phenoxy) is 1. The van der Waals surface area contributed by atoms with Crippen LogP contribution in [0.15, 0.2) is 47.4 Å². The molecule has 154 valence electrons. The minimum Gasteiger partial charge on any atom is -0.394 e. The Morgan fingerprint density at radius 3 is 2.72 bits per heavy atom. The Labute approximate surface area is 167 Å². The van der Waals surface area contributed by atoms with Crippen LogP contribution in [-0.2, 0) is 14.6 Å². The van der Waals surface area contributed by atoms with Gasteiger partial charge in [-0.25, -0.2) is 13.4 Å². The van der Waals surface area contributed by atoms with Gasteiger partial charge >= 0.3 is 0 Å². The van der Waals surface area contributed by atoms with Gasteiger partial charge in [0.25, 0.3) is 0 Å². The highest BCUT2D eigenvalue weighted by molar-refractivity contribution is 7.90. The molecule has 1 aliphatic heterocycles. The van der Waals surface area contributed by atoms with E-state index in [9.17, 15) is 23.7 Å². The number of rotatable bonds is 4. The molecule has 0 spiro atoms. The Hall–Kier alpha value is -2.30. The molecule has 0 bridgehead atoms. The van der Waals surface area contributed by atoms with Crippen molar-refractivity contribution in [1.82, 2.24) is 9.97 Å². The zero-order valence-electron chi connectivity index (χ0n) is 15.7. The van der Waals surface area contributed by atoms with E-state index in [0.717, 1.165) is 11.8 Å². The van der Waals surface area contributed by atoms with Crippen molar-refractivity contribution in [2.75, 3.05) is 12.9 Å². The lowest BCUT2D eigenvalue weighted by Crippen LogP contribution is -2.44. The van der Waals surface area contributed by atoms with Crippen LogP contribution >= 0.6 is 0 Å². The van der Waals surface area contributed by atoms with Crippen LogP contribution in [0.1, 0.15) is 18.1 Å². The van der Waals surface area contributed by atoms with Gasteiger partial charge in [-0.05, 0) is 29.8 Å². The molecule has 1 aromatic heterocycles. The Morgan fingerprint density at radius 1 is 1.21 bits per heavy atom. The lowest BCUT2D eigenvalue weighted by Gasteiger charge is -2.36. The van der Waals surface area contributed by atoms with E-state index >= 15 is 0 Å². The minimum atomic E-state index is -3.33. The first kappa shape index (κ1) is 20.0. The van der Waals surface area contributed by atoms with Gasteiger partial charge in [-0.3, -0.25) is 0 Å². The zero-order valence-corrected chi connectivity index (χ0v) is 16.5. The second-order valence-corrected chi connectivity index (χ2v) is 9.33. The van der Waals surface area contributed by atoms with Crippen LogP contribution in [0.5, 0.6) is 0 Å². The van der Waals surface area contributed by atoms with E-state index in [1.54, 1.807) is 30.3 Å². The number of hydrogen-bond donors (Lipinski definition) is 4. The van der Waals surface area contributed by atoms with Crippen molar-refractivity contribution in [3.05, 3.63) is 48.0 Å². The average Bonchev–Trinajstić information content (AvgIpc) is 3.13. The lowest BCUT2D eigenvalue weighted by atomic mass is 9.92. The Bertz CT molecular complexity index is 1140. The smallest absolute Gasteiger partial charge is 0.175 e. The number of fused-ring (bicyclic) bond motifs is 1. The molecular formula is C20H22N2O6S. The molecule has 8 nitrogen and oxygen atoms in total. The maximum absolute atomic E-state index is 11.8. The van der Waals surface area contributed by atoms with Crippen molar-refractivity contribution < 1.29 is 28.5 Å². The number of aliphatic hydroxyl groups is 3. The van der Waals surface area contributed by atoms with Gasteiger partial charge < -0.3 is 25.0 Å². The number of imidazole rings is 1. The maximum atomic E-state index is 11.8. The Kier molecular flexibility index (Phi) is 5.18. The fraction of sp³-hybridized carbons (Fsp3) is 0.350. The molecular weight excluding hydrogens is 396 g/mol. The topological polar surface area (TPSA) is 133 Å². The van der Waals surface area contributed by atoms with Gasteiger partial charge in [-0.15, -0.1) is 0 Å². The van der Waals surface area contributed by atoms with Crippen LogP contribution in [0, 0.1) is 0 Å². The number of nitrogens with zero attached hydrogens (tertiary/aromatic N) is 1. The quantitative estimate of drug-likeness (QED) is 0.500. The van der Waals surface area contributed by atoms with Gasteiger partial charge in [0, 0.05) is 18.2 Å². The molecule has 29 heavy (non-hydrogen) atoms. The number of hydrogen-bond acceptors (Lipinski definition) is 7. The van der Waals surface area contributed by atoms with Crippen LogP contribution in [0.3, 0.4) is 0 Å². The van der Waals surface area contributed by atoms with E-state index in [2.05, 4.69) is 9.97 Å². The molecule has 1 aliphatic rings. The largest absolute Gasteiger partial charge is 0.394 e. The number of aromatic nitrogens is 2. The third-order valence-electron chi connectivity index (χ3n) is 5.12.